The predicted molar refractivity (Wildman–Crippen MR) is 120 cm³/mol. The van der Waals surface area contributed by atoms with Gasteiger partial charge in [-0.15, -0.1) is 0 Å². The molecule has 2 nitrogen and oxygen atoms in total. The van der Waals surface area contributed by atoms with Crippen LogP contribution in [0.4, 0.5) is 0 Å². The highest BCUT2D eigenvalue weighted by Crippen LogP contribution is 2.19. The molecule has 0 bridgehead atoms. The number of ether oxygens (including phenoxy) is 2. The third-order valence-corrected chi connectivity index (χ3v) is 5.00. The third-order valence-electron chi connectivity index (χ3n) is 5.00. The van der Waals surface area contributed by atoms with E-state index >= 15 is 0 Å². The predicted octanol–water partition coefficient (Wildman–Crippen LogP) is 8.43. The van der Waals surface area contributed by atoms with Crippen LogP contribution in [0.5, 0.6) is 0 Å². The van der Waals surface area contributed by atoms with Gasteiger partial charge in [0.2, 0.25) is 0 Å². The molecule has 0 heterocycles. The summed E-state index contributed by atoms with van der Waals surface area (Å²) in [6, 6.07) is 0. The lowest BCUT2D eigenvalue weighted by Crippen LogP contribution is -2.26. The first-order valence-electron chi connectivity index (χ1n) is 11.6. The molecule has 0 aliphatic heterocycles. The maximum absolute atomic E-state index is 5.87. The molecule has 2 heteroatoms. The number of unbranched alkanes of at least 4 members (excludes halogenated alkanes) is 10. The molecule has 160 valence electrons. The van der Waals surface area contributed by atoms with E-state index in [2.05, 4.69) is 53.3 Å². The fourth-order valence-corrected chi connectivity index (χ4v) is 3.41. The fourth-order valence-electron chi connectivity index (χ4n) is 3.41. The van der Waals surface area contributed by atoms with Crippen LogP contribution in [0.15, 0.2) is 24.7 Å². The van der Waals surface area contributed by atoms with Gasteiger partial charge in [-0.3, -0.25) is 0 Å². The van der Waals surface area contributed by atoms with Gasteiger partial charge in [-0.25, -0.2) is 0 Å². The van der Waals surface area contributed by atoms with Crippen molar-refractivity contribution in [3.63, 3.8) is 0 Å². The third kappa shape index (κ3) is 16.9. The lowest BCUT2D eigenvalue weighted by atomic mass is 9.96. The number of hydrogen-bond donors (Lipinski definition) is 0. The Hall–Kier alpha value is -0.920. The standard InChI is InChI=1S/C25H48O2/c1-7-8-9-10-11-12-13-14-15-16-17-18-19-20-21-26-24(6)27-25(22(2)3)23(4)5/h12-13,22-23,25H,6-11,14-21H2,1-5H3/b13-12-. The van der Waals surface area contributed by atoms with E-state index in [0.29, 0.717) is 17.8 Å². The van der Waals surface area contributed by atoms with E-state index in [1.165, 1.54) is 70.6 Å². The van der Waals surface area contributed by atoms with E-state index in [4.69, 9.17) is 9.47 Å². The summed E-state index contributed by atoms with van der Waals surface area (Å²) in [7, 11) is 0. The molecule has 0 amide bonds. The van der Waals surface area contributed by atoms with Gasteiger partial charge in [0.1, 0.15) is 6.10 Å². The minimum atomic E-state index is 0.183. The first kappa shape index (κ1) is 26.1. The SMILES string of the molecule is C=C(OCCCCCCCC/C=C\CCCCCC)OC(C(C)C)C(C)C. The maximum atomic E-state index is 5.87. The Balaban J connectivity index is 3.42. The van der Waals surface area contributed by atoms with Crippen molar-refractivity contribution >= 4 is 0 Å². The normalized spacial score (nSPS) is 11.9. The summed E-state index contributed by atoms with van der Waals surface area (Å²) in [6.07, 6.45) is 20.6. The molecule has 0 atom stereocenters. The van der Waals surface area contributed by atoms with Crippen molar-refractivity contribution in [3.8, 4) is 0 Å². The van der Waals surface area contributed by atoms with Crippen LogP contribution in [-0.2, 0) is 9.47 Å². The van der Waals surface area contributed by atoms with Crippen molar-refractivity contribution in [2.45, 2.75) is 118 Å². The van der Waals surface area contributed by atoms with Gasteiger partial charge < -0.3 is 9.47 Å². The Morgan fingerprint density at radius 2 is 1.22 bits per heavy atom. The summed E-state index contributed by atoms with van der Waals surface area (Å²) in [5.74, 6) is 1.44. The molecule has 27 heavy (non-hydrogen) atoms. The van der Waals surface area contributed by atoms with Gasteiger partial charge in [0.25, 0.3) is 5.95 Å². The second-order valence-corrected chi connectivity index (χ2v) is 8.52. The topological polar surface area (TPSA) is 18.5 Å². The lowest BCUT2D eigenvalue weighted by Gasteiger charge is -2.26. The van der Waals surface area contributed by atoms with E-state index in [9.17, 15) is 0 Å². The van der Waals surface area contributed by atoms with Crippen molar-refractivity contribution in [1.82, 2.24) is 0 Å². The molecule has 0 aromatic heterocycles. The molecule has 0 saturated carbocycles. The Morgan fingerprint density at radius 1 is 0.741 bits per heavy atom. The number of allylic oxidation sites excluding steroid dienone is 2. The molecule has 0 N–H and O–H groups in total. The largest absolute Gasteiger partial charge is 0.466 e. The van der Waals surface area contributed by atoms with Crippen LogP contribution in [0.1, 0.15) is 112 Å². The monoisotopic (exact) mass is 380 g/mol. The first-order chi connectivity index (χ1) is 13.0. The van der Waals surface area contributed by atoms with Gasteiger partial charge in [-0.05, 0) is 50.5 Å². The summed E-state index contributed by atoms with van der Waals surface area (Å²) >= 11 is 0. The maximum Gasteiger partial charge on any atom is 0.271 e. The van der Waals surface area contributed by atoms with E-state index in [-0.39, 0.29) is 6.10 Å². The zero-order valence-electron chi connectivity index (χ0n) is 19.1. The second kappa shape index (κ2) is 18.4. The van der Waals surface area contributed by atoms with Gasteiger partial charge in [0, 0.05) is 0 Å². The molecule has 0 aromatic carbocycles. The molecule has 0 aromatic rings. The van der Waals surface area contributed by atoms with E-state index in [0.717, 1.165) is 13.0 Å². The van der Waals surface area contributed by atoms with Gasteiger partial charge in [0.05, 0.1) is 6.61 Å². The van der Waals surface area contributed by atoms with Crippen LogP contribution in [-0.4, -0.2) is 12.7 Å². The Morgan fingerprint density at radius 3 is 1.74 bits per heavy atom. The Kier molecular flexibility index (Phi) is 17.8. The van der Waals surface area contributed by atoms with E-state index in [1.54, 1.807) is 0 Å². The molecule has 0 aliphatic rings. The average Bonchev–Trinajstić information content (AvgIpc) is 2.62. The van der Waals surface area contributed by atoms with Crippen LogP contribution in [0.3, 0.4) is 0 Å². The molecule has 0 fully saturated rings. The summed E-state index contributed by atoms with van der Waals surface area (Å²) in [5, 5.41) is 0. The Labute approximate surface area is 170 Å². The quantitative estimate of drug-likeness (QED) is 0.127. The van der Waals surface area contributed by atoms with Gasteiger partial charge in [-0.2, -0.15) is 0 Å². The molecule has 0 radical (unpaired) electrons. The number of hydrogen-bond acceptors (Lipinski definition) is 2. The van der Waals surface area contributed by atoms with Crippen molar-refractivity contribution in [1.29, 1.82) is 0 Å². The zero-order chi connectivity index (χ0) is 20.3. The van der Waals surface area contributed by atoms with Crippen LogP contribution < -0.4 is 0 Å². The highest BCUT2D eigenvalue weighted by molar-refractivity contribution is 4.81. The van der Waals surface area contributed by atoms with Crippen LogP contribution in [0, 0.1) is 11.8 Å². The minimum absolute atomic E-state index is 0.183. The number of rotatable bonds is 19. The van der Waals surface area contributed by atoms with Gasteiger partial charge >= 0.3 is 0 Å². The molecular weight excluding hydrogens is 332 g/mol. The van der Waals surface area contributed by atoms with Crippen molar-refractivity contribution in [2.75, 3.05) is 6.61 Å². The molecule has 0 saturated heterocycles. The highest BCUT2D eigenvalue weighted by Gasteiger charge is 2.20. The highest BCUT2D eigenvalue weighted by atomic mass is 16.7. The molecule has 0 rings (SSSR count). The fraction of sp³-hybridized carbons (Fsp3) is 0.840. The first-order valence-corrected chi connectivity index (χ1v) is 11.6. The molecule has 0 spiro atoms. The van der Waals surface area contributed by atoms with Crippen LogP contribution in [0.25, 0.3) is 0 Å². The van der Waals surface area contributed by atoms with Gasteiger partial charge in [0.15, 0.2) is 0 Å². The van der Waals surface area contributed by atoms with E-state index < -0.39 is 0 Å². The molecule has 0 aliphatic carbocycles. The smallest absolute Gasteiger partial charge is 0.271 e. The van der Waals surface area contributed by atoms with Crippen LogP contribution >= 0.6 is 0 Å². The lowest BCUT2D eigenvalue weighted by molar-refractivity contribution is -0.0444. The summed E-state index contributed by atoms with van der Waals surface area (Å²) in [5.41, 5.74) is 0. The van der Waals surface area contributed by atoms with Crippen LogP contribution in [0.2, 0.25) is 0 Å². The minimum Gasteiger partial charge on any atom is -0.466 e. The van der Waals surface area contributed by atoms with Crippen molar-refractivity contribution in [3.05, 3.63) is 24.7 Å². The van der Waals surface area contributed by atoms with E-state index in [1.807, 2.05) is 0 Å². The van der Waals surface area contributed by atoms with Crippen molar-refractivity contribution < 1.29 is 9.47 Å². The van der Waals surface area contributed by atoms with Crippen molar-refractivity contribution in [2.24, 2.45) is 11.8 Å². The second-order valence-electron chi connectivity index (χ2n) is 8.52. The average molecular weight is 381 g/mol. The van der Waals surface area contributed by atoms with Gasteiger partial charge in [-0.1, -0.05) is 91.7 Å². The summed E-state index contributed by atoms with van der Waals surface area (Å²) in [6.45, 7) is 15.6. The Bertz CT molecular complexity index is 349. The summed E-state index contributed by atoms with van der Waals surface area (Å²) in [4.78, 5) is 0. The molecule has 0 unspecified atom stereocenters. The summed E-state index contributed by atoms with van der Waals surface area (Å²) < 4.78 is 11.5. The zero-order valence-corrected chi connectivity index (χ0v) is 19.1. The molecular formula is C25H48O2.